The quantitative estimate of drug-likeness (QED) is 0.811. The number of piperidine rings is 1. The molecule has 0 saturated carbocycles. The van der Waals surface area contributed by atoms with Gasteiger partial charge in [0.25, 0.3) is 0 Å². The van der Waals surface area contributed by atoms with Crippen molar-refractivity contribution in [1.29, 1.82) is 0 Å². The summed E-state index contributed by atoms with van der Waals surface area (Å²) in [6.07, 6.45) is 5.87. The molecule has 2 aliphatic heterocycles. The summed E-state index contributed by atoms with van der Waals surface area (Å²) in [5.41, 5.74) is 4.20. The zero-order chi connectivity index (χ0) is 17.9. The molecule has 2 aromatic rings. The van der Waals surface area contributed by atoms with Crippen LogP contribution in [0, 0.1) is 5.82 Å². The first kappa shape index (κ1) is 16.3. The third-order valence-electron chi connectivity index (χ3n) is 6.50. The van der Waals surface area contributed by atoms with Crippen LogP contribution in [0.4, 0.5) is 15.9 Å². The van der Waals surface area contributed by atoms with Crippen LogP contribution in [0.15, 0.2) is 18.5 Å². The van der Waals surface area contributed by atoms with Gasteiger partial charge in [0, 0.05) is 41.3 Å². The molecule has 1 saturated heterocycles. The van der Waals surface area contributed by atoms with E-state index in [1.165, 1.54) is 17.3 Å². The van der Waals surface area contributed by atoms with Crippen molar-refractivity contribution in [3.63, 3.8) is 0 Å². The third kappa shape index (κ3) is 2.33. The number of hydrogen-bond donors (Lipinski definition) is 1. The molecule has 0 bridgehead atoms. The van der Waals surface area contributed by atoms with Gasteiger partial charge in [-0.3, -0.25) is 0 Å². The highest BCUT2D eigenvalue weighted by molar-refractivity contribution is 6.30. The van der Waals surface area contributed by atoms with Gasteiger partial charge < -0.3 is 10.2 Å². The highest BCUT2D eigenvalue weighted by atomic mass is 35.5. The molecule has 1 unspecified atom stereocenters. The molecule has 6 heteroatoms. The molecule has 1 aromatic carbocycles. The molecule has 1 atom stereocenters. The fraction of sp³-hybridized carbons (Fsp3) is 0.500. The van der Waals surface area contributed by atoms with Crippen molar-refractivity contribution in [1.82, 2.24) is 9.97 Å². The Morgan fingerprint density at radius 3 is 2.88 bits per heavy atom. The van der Waals surface area contributed by atoms with E-state index in [1.54, 1.807) is 6.33 Å². The number of benzene rings is 1. The number of fused-ring (bicyclic) bond motifs is 3. The van der Waals surface area contributed by atoms with Gasteiger partial charge in [-0.15, -0.1) is 0 Å². The number of anilines is 2. The lowest BCUT2D eigenvalue weighted by Gasteiger charge is -2.40. The lowest BCUT2D eigenvalue weighted by atomic mass is 9.74. The van der Waals surface area contributed by atoms with Crippen molar-refractivity contribution in [3.8, 4) is 0 Å². The Morgan fingerprint density at radius 1 is 1.27 bits per heavy atom. The number of hydrogen-bond acceptors (Lipinski definition) is 4. The summed E-state index contributed by atoms with van der Waals surface area (Å²) in [7, 11) is 0. The second kappa shape index (κ2) is 5.81. The normalized spacial score (nSPS) is 23.0. The monoisotopic (exact) mass is 372 g/mol. The van der Waals surface area contributed by atoms with E-state index in [0.29, 0.717) is 16.6 Å². The van der Waals surface area contributed by atoms with E-state index < -0.39 is 0 Å². The van der Waals surface area contributed by atoms with Crippen molar-refractivity contribution >= 4 is 23.1 Å². The van der Waals surface area contributed by atoms with Gasteiger partial charge >= 0.3 is 0 Å². The van der Waals surface area contributed by atoms with Crippen molar-refractivity contribution in [2.45, 2.75) is 43.9 Å². The van der Waals surface area contributed by atoms with Gasteiger partial charge in [0.05, 0.1) is 5.69 Å². The Labute approximate surface area is 157 Å². The molecule has 26 heavy (non-hydrogen) atoms. The first-order chi connectivity index (χ1) is 12.6. The molecule has 3 heterocycles. The van der Waals surface area contributed by atoms with E-state index in [-0.39, 0.29) is 11.2 Å². The summed E-state index contributed by atoms with van der Waals surface area (Å²) in [6, 6.07) is 3.34. The topological polar surface area (TPSA) is 41.1 Å². The minimum absolute atomic E-state index is 0.0284. The minimum atomic E-state index is -0.241. The van der Waals surface area contributed by atoms with Crippen LogP contribution in [0.3, 0.4) is 0 Å². The van der Waals surface area contributed by atoms with Gasteiger partial charge in [0.1, 0.15) is 18.0 Å². The Hall–Kier alpha value is -1.88. The van der Waals surface area contributed by atoms with Crippen molar-refractivity contribution in [2.24, 2.45) is 0 Å². The molecule has 1 N–H and O–H groups in total. The van der Waals surface area contributed by atoms with Crippen molar-refractivity contribution in [2.75, 3.05) is 29.9 Å². The van der Waals surface area contributed by atoms with E-state index in [0.717, 1.165) is 56.7 Å². The molecule has 136 valence electrons. The van der Waals surface area contributed by atoms with Crippen LogP contribution in [0.5, 0.6) is 0 Å². The van der Waals surface area contributed by atoms with Crippen LogP contribution in [0.25, 0.3) is 0 Å². The number of halogens is 2. The average Bonchev–Trinajstić information content (AvgIpc) is 3.18. The smallest absolute Gasteiger partial charge is 0.148 e. The Morgan fingerprint density at radius 2 is 2.08 bits per heavy atom. The lowest BCUT2D eigenvalue weighted by Crippen LogP contribution is -2.44. The minimum Gasteiger partial charge on any atom is -0.382 e. The summed E-state index contributed by atoms with van der Waals surface area (Å²) in [5.74, 6) is 1.39. The summed E-state index contributed by atoms with van der Waals surface area (Å²) >= 11 is 6.14. The first-order valence-electron chi connectivity index (χ1n) is 9.39. The van der Waals surface area contributed by atoms with E-state index in [2.05, 4.69) is 27.1 Å². The van der Waals surface area contributed by atoms with Gasteiger partial charge in [0.2, 0.25) is 0 Å². The number of aryl methyl sites for hydroxylation is 1. The Bertz CT molecular complexity index is 876. The molecule has 0 amide bonds. The summed E-state index contributed by atoms with van der Waals surface area (Å²) < 4.78 is 14.3. The molecule has 0 radical (unpaired) electrons. The van der Waals surface area contributed by atoms with E-state index in [1.807, 2.05) is 6.07 Å². The zero-order valence-corrected chi connectivity index (χ0v) is 15.6. The number of rotatable bonds is 1. The third-order valence-corrected chi connectivity index (χ3v) is 6.72. The molecular formula is C20H22ClFN4. The molecule has 3 aliphatic rings. The SMILES string of the molecule is CC1CCc2ncnc(N3CCC4(CC3)CNc3c(F)cc(Cl)cc34)c21. The lowest BCUT2D eigenvalue weighted by molar-refractivity contribution is 0.360. The van der Waals surface area contributed by atoms with Crippen molar-refractivity contribution in [3.05, 3.63) is 46.1 Å². The molecule has 5 rings (SSSR count). The molecule has 1 aromatic heterocycles. The summed E-state index contributed by atoms with van der Waals surface area (Å²) in [4.78, 5) is 11.5. The van der Waals surface area contributed by atoms with Gasteiger partial charge in [-0.25, -0.2) is 14.4 Å². The second-order valence-electron chi connectivity index (χ2n) is 7.93. The van der Waals surface area contributed by atoms with Crippen molar-refractivity contribution < 1.29 is 4.39 Å². The van der Waals surface area contributed by atoms with Gasteiger partial charge in [-0.05, 0) is 49.3 Å². The van der Waals surface area contributed by atoms with Crippen LogP contribution in [-0.4, -0.2) is 29.6 Å². The molecular weight excluding hydrogens is 351 g/mol. The molecule has 1 fully saturated rings. The first-order valence-corrected chi connectivity index (χ1v) is 9.77. The fourth-order valence-corrected chi connectivity index (χ4v) is 5.20. The standard InChI is InChI=1S/C20H22ClFN4/c1-12-2-3-16-17(12)19(25-11-24-16)26-6-4-20(5-7-26)10-23-18-14(20)8-13(21)9-15(18)22/h8-9,11-12,23H,2-7,10H2,1H3. The highest BCUT2D eigenvalue weighted by Gasteiger charge is 2.43. The zero-order valence-electron chi connectivity index (χ0n) is 14.9. The number of nitrogens with one attached hydrogen (secondary N) is 1. The largest absolute Gasteiger partial charge is 0.382 e. The number of nitrogens with zero attached hydrogens (tertiary/aromatic N) is 3. The van der Waals surface area contributed by atoms with Crippen LogP contribution in [-0.2, 0) is 11.8 Å². The van der Waals surface area contributed by atoms with Crippen LogP contribution in [0.2, 0.25) is 5.02 Å². The van der Waals surface area contributed by atoms with Gasteiger partial charge in [0.15, 0.2) is 0 Å². The summed E-state index contributed by atoms with van der Waals surface area (Å²) in [6.45, 7) is 4.90. The second-order valence-corrected chi connectivity index (χ2v) is 8.36. The maximum Gasteiger partial charge on any atom is 0.148 e. The fourth-order valence-electron chi connectivity index (χ4n) is 4.99. The summed E-state index contributed by atoms with van der Waals surface area (Å²) in [5, 5.41) is 3.76. The Balaban J connectivity index is 1.43. The maximum atomic E-state index is 14.3. The van der Waals surface area contributed by atoms with Crippen LogP contribution < -0.4 is 10.2 Å². The van der Waals surface area contributed by atoms with Gasteiger partial charge in [-0.2, -0.15) is 0 Å². The van der Waals surface area contributed by atoms with Crippen LogP contribution in [0.1, 0.15) is 48.9 Å². The Kier molecular flexibility index (Phi) is 3.64. The van der Waals surface area contributed by atoms with E-state index in [9.17, 15) is 4.39 Å². The van der Waals surface area contributed by atoms with E-state index >= 15 is 0 Å². The highest BCUT2D eigenvalue weighted by Crippen LogP contribution is 2.47. The average molecular weight is 373 g/mol. The van der Waals surface area contributed by atoms with E-state index in [4.69, 9.17) is 11.6 Å². The van der Waals surface area contributed by atoms with Crippen LogP contribution >= 0.6 is 11.6 Å². The predicted molar refractivity (Wildman–Crippen MR) is 102 cm³/mol. The number of aromatic nitrogens is 2. The predicted octanol–water partition coefficient (Wildman–Crippen LogP) is 4.28. The molecule has 1 spiro atoms. The molecule has 4 nitrogen and oxygen atoms in total. The maximum absolute atomic E-state index is 14.3. The molecule has 1 aliphatic carbocycles. The van der Waals surface area contributed by atoms with Gasteiger partial charge in [-0.1, -0.05) is 18.5 Å².